The summed E-state index contributed by atoms with van der Waals surface area (Å²) in [5.74, 6) is -0.342. The van der Waals surface area contributed by atoms with E-state index in [2.05, 4.69) is 5.10 Å². The number of carbonyl (C=O) groups excluding carboxylic acids is 1. The van der Waals surface area contributed by atoms with Crippen molar-refractivity contribution in [3.8, 4) is 0 Å². The fourth-order valence-corrected chi connectivity index (χ4v) is 2.62. The first-order valence-electron chi connectivity index (χ1n) is 7.05. The highest BCUT2D eigenvalue weighted by atomic mass is 32.1. The number of benzene rings is 2. The van der Waals surface area contributed by atoms with Crippen LogP contribution in [0.4, 0.5) is 11.4 Å². The monoisotopic (exact) mass is 340 g/mol. The molecule has 1 saturated heterocycles. The zero-order valence-electron chi connectivity index (χ0n) is 12.4. The van der Waals surface area contributed by atoms with E-state index in [-0.39, 0.29) is 28.9 Å². The number of hydrogen-bond acceptors (Lipinski definition) is 5. The first kappa shape index (κ1) is 15.8. The van der Waals surface area contributed by atoms with Crippen LogP contribution >= 0.6 is 12.2 Å². The molecule has 3 rings (SSSR count). The van der Waals surface area contributed by atoms with Gasteiger partial charge in [0.05, 0.1) is 11.1 Å². The van der Waals surface area contributed by atoms with Crippen molar-refractivity contribution in [3.63, 3.8) is 0 Å². The number of para-hydroxylation sites is 2. The van der Waals surface area contributed by atoms with Crippen LogP contribution in [-0.2, 0) is 4.79 Å². The first-order valence-corrected chi connectivity index (χ1v) is 7.45. The molecule has 0 N–H and O–H groups in total. The number of hydrazone groups is 1. The molecule has 120 valence electrons. The van der Waals surface area contributed by atoms with Crippen molar-refractivity contribution >= 4 is 40.8 Å². The van der Waals surface area contributed by atoms with Gasteiger partial charge in [0, 0.05) is 6.07 Å². The molecule has 0 spiro atoms. The van der Waals surface area contributed by atoms with Crippen LogP contribution < -0.4 is 4.90 Å². The molecule has 2 aromatic rings. The van der Waals surface area contributed by atoms with E-state index < -0.39 is 4.92 Å². The molecule has 0 radical (unpaired) electrons. The highest BCUT2D eigenvalue weighted by Gasteiger charge is 2.36. The second-order valence-corrected chi connectivity index (χ2v) is 5.34. The summed E-state index contributed by atoms with van der Waals surface area (Å²) in [6, 6.07) is 15.4. The Bertz CT molecular complexity index is 838. The van der Waals surface area contributed by atoms with Crippen molar-refractivity contribution < 1.29 is 9.72 Å². The molecule has 1 aliphatic heterocycles. The molecule has 1 amide bonds. The number of amides is 1. The number of nitrogens with zero attached hydrogens (tertiary/aromatic N) is 4. The summed E-state index contributed by atoms with van der Waals surface area (Å²) < 4.78 is 0. The number of rotatable bonds is 4. The predicted molar refractivity (Wildman–Crippen MR) is 93.9 cm³/mol. The summed E-state index contributed by atoms with van der Waals surface area (Å²) in [5.41, 5.74) is 0.983. The van der Waals surface area contributed by atoms with Crippen LogP contribution in [0.2, 0.25) is 0 Å². The van der Waals surface area contributed by atoms with Gasteiger partial charge in [-0.1, -0.05) is 42.5 Å². The fraction of sp³-hybridized carbons (Fsp3) is 0.0625. The lowest BCUT2D eigenvalue weighted by molar-refractivity contribution is -0.384. The zero-order chi connectivity index (χ0) is 17.1. The summed E-state index contributed by atoms with van der Waals surface area (Å²) in [7, 11) is 0. The smallest absolute Gasteiger partial charge is 0.292 e. The van der Waals surface area contributed by atoms with Gasteiger partial charge in [-0.25, -0.2) is 0 Å². The molecule has 1 heterocycles. The van der Waals surface area contributed by atoms with Crippen molar-refractivity contribution in [2.24, 2.45) is 5.10 Å². The average Bonchev–Trinajstić information content (AvgIpc) is 2.88. The summed E-state index contributed by atoms with van der Waals surface area (Å²) in [6.07, 6.45) is 1.52. The van der Waals surface area contributed by atoms with Crippen molar-refractivity contribution in [2.45, 2.75) is 0 Å². The number of anilines is 1. The van der Waals surface area contributed by atoms with E-state index in [1.165, 1.54) is 17.2 Å². The van der Waals surface area contributed by atoms with Gasteiger partial charge in [-0.15, -0.1) is 0 Å². The molecule has 8 heteroatoms. The number of nitro benzene ring substituents is 1. The molecule has 0 atom stereocenters. The van der Waals surface area contributed by atoms with E-state index in [4.69, 9.17) is 12.2 Å². The number of carbonyl (C=O) groups is 1. The minimum absolute atomic E-state index is 0.0875. The van der Waals surface area contributed by atoms with Gasteiger partial charge in [-0.3, -0.25) is 14.9 Å². The average molecular weight is 340 g/mol. The van der Waals surface area contributed by atoms with Gasteiger partial charge in [0.1, 0.15) is 12.2 Å². The lowest BCUT2D eigenvalue weighted by Gasteiger charge is -2.17. The van der Waals surface area contributed by atoms with Crippen LogP contribution in [0.1, 0.15) is 5.56 Å². The highest BCUT2D eigenvalue weighted by molar-refractivity contribution is 7.80. The van der Waals surface area contributed by atoms with Gasteiger partial charge in [0.15, 0.2) is 0 Å². The fourth-order valence-electron chi connectivity index (χ4n) is 2.30. The van der Waals surface area contributed by atoms with Crippen LogP contribution in [-0.4, -0.2) is 33.7 Å². The Morgan fingerprint density at radius 3 is 2.50 bits per heavy atom. The second kappa shape index (κ2) is 6.55. The van der Waals surface area contributed by atoms with E-state index >= 15 is 0 Å². The molecule has 24 heavy (non-hydrogen) atoms. The normalized spacial score (nSPS) is 14.7. The van der Waals surface area contributed by atoms with Gasteiger partial charge >= 0.3 is 0 Å². The first-order chi connectivity index (χ1) is 11.6. The van der Waals surface area contributed by atoms with E-state index in [0.29, 0.717) is 0 Å². The zero-order valence-corrected chi connectivity index (χ0v) is 13.2. The summed E-state index contributed by atoms with van der Waals surface area (Å²) >= 11 is 5.28. The van der Waals surface area contributed by atoms with Gasteiger partial charge in [-0.05, 0) is 23.8 Å². The minimum Gasteiger partial charge on any atom is -0.302 e. The second-order valence-electron chi connectivity index (χ2n) is 4.98. The van der Waals surface area contributed by atoms with Gasteiger partial charge < -0.3 is 4.90 Å². The molecular formula is C16H12N4O3S. The summed E-state index contributed by atoms with van der Waals surface area (Å²) in [4.78, 5) is 24.3. The standard InChI is InChI=1S/C16H12N4O3S/c21-15-11-18(13-8-4-5-9-14(13)20(22)23)16(24)19(15)17-10-12-6-2-1-3-7-12/h1-10H,11H2/b17-10-. The van der Waals surface area contributed by atoms with Crippen molar-refractivity contribution in [1.82, 2.24) is 5.01 Å². The molecule has 0 unspecified atom stereocenters. The Balaban J connectivity index is 1.87. The van der Waals surface area contributed by atoms with Crippen LogP contribution in [0.25, 0.3) is 0 Å². The van der Waals surface area contributed by atoms with E-state index in [1.807, 2.05) is 30.3 Å². The Morgan fingerprint density at radius 2 is 1.79 bits per heavy atom. The third-order valence-electron chi connectivity index (χ3n) is 3.43. The molecular weight excluding hydrogens is 328 g/mol. The van der Waals surface area contributed by atoms with Gasteiger partial charge in [-0.2, -0.15) is 10.1 Å². The van der Waals surface area contributed by atoms with Crippen LogP contribution in [0.15, 0.2) is 59.7 Å². The number of nitro groups is 1. The minimum atomic E-state index is -0.502. The summed E-state index contributed by atoms with van der Waals surface area (Å²) in [6.45, 7) is -0.0875. The molecule has 0 saturated carbocycles. The van der Waals surface area contributed by atoms with Gasteiger partial charge in [0.25, 0.3) is 11.6 Å². The van der Waals surface area contributed by atoms with Crippen molar-refractivity contribution in [2.75, 3.05) is 11.4 Å². The molecule has 0 aromatic heterocycles. The lowest BCUT2D eigenvalue weighted by atomic mass is 10.2. The van der Waals surface area contributed by atoms with Crippen LogP contribution in [0.3, 0.4) is 0 Å². The molecule has 0 aliphatic carbocycles. The molecule has 1 aliphatic rings. The van der Waals surface area contributed by atoms with Crippen molar-refractivity contribution in [3.05, 3.63) is 70.3 Å². The van der Waals surface area contributed by atoms with Crippen molar-refractivity contribution in [1.29, 1.82) is 0 Å². The SMILES string of the molecule is O=C1CN(c2ccccc2[N+](=O)[O-])C(=S)N1/N=C\c1ccccc1. The number of thiocarbonyl (C=S) groups is 1. The maximum Gasteiger partial charge on any atom is 0.292 e. The Morgan fingerprint density at radius 1 is 1.12 bits per heavy atom. The van der Waals surface area contributed by atoms with E-state index in [1.54, 1.807) is 18.2 Å². The Kier molecular flexibility index (Phi) is 4.30. The molecule has 7 nitrogen and oxygen atoms in total. The maximum absolute atomic E-state index is 12.2. The lowest BCUT2D eigenvalue weighted by Crippen LogP contribution is -2.29. The Labute approximate surface area is 143 Å². The van der Waals surface area contributed by atoms with E-state index in [0.717, 1.165) is 10.6 Å². The largest absolute Gasteiger partial charge is 0.302 e. The third-order valence-corrected chi connectivity index (χ3v) is 3.83. The number of hydrogen-bond donors (Lipinski definition) is 0. The molecule has 1 fully saturated rings. The van der Waals surface area contributed by atoms with Gasteiger partial charge in [0.2, 0.25) is 5.11 Å². The quantitative estimate of drug-likeness (QED) is 0.370. The summed E-state index contributed by atoms with van der Waals surface area (Å²) in [5, 5.41) is 16.5. The maximum atomic E-state index is 12.2. The third kappa shape index (κ3) is 2.99. The molecule has 2 aromatic carbocycles. The van der Waals surface area contributed by atoms with E-state index in [9.17, 15) is 14.9 Å². The predicted octanol–water partition coefficient (Wildman–Crippen LogP) is 2.56. The molecule has 0 bridgehead atoms. The Hall–Kier alpha value is -3.13. The van der Waals surface area contributed by atoms with Crippen LogP contribution in [0, 0.1) is 10.1 Å². The van der Waals surface area contributed by atoms with Crippen LogP contribution in [0.5, 0.6) is 0 Å². The highest BCUT2D eigenvalue weighted by Crippen LogP contribution is 2.30. The topological polar surface area (TPSA) is 79.0 Å².